The zero-order valence-electron chi connectivity index (χ0n) is 16.6. The summed E-state index contributed by atoms with van der Waals surface area (Å²) >= 11 is 6.04. The van der Waals surface area contributed by atoms with E-state index in [1.165, 1.54) is 11.8 Å². The van der Waals surface area contributed by atoms with Crippen molar-refractivity contribution < 1.29 is 13.9 Å². The summed E-state index contributed by atoms with van der Waals surface area (Å²) in [6, 6.07) is 20.8. The Balaban J connectivity index is 1.28. The van der Waals surface area contributed by atoms with Crippen LogP contribution in [0, 0.1) is 5.82 Å². The fourth-order valence-corrected chi connectivity index (χ4v) is 3.56. The smallest absolute Gasteiger partial charge is 0.131 e. The van der Waals surface area contributed by atoms with Crippen molar-refractivity contribution in [3.05, 3.63) is 88.7 Å². The van der Waals surface area contributed by atoms with Crippen LogP contribution in [-0.2, 0) is 17.9 Å². The van der Waals surface area contributed by atoms with Gasteiger partial charge in [0.05, 0.1) is 18.2 Å². The van der Waals surface area contributed by atoms with Crippen LogP contribution in [0.3, 0.4) is 0 Å². The van der Waals surface area contributed by atoms with Gasteiger partial charge in [0.15, 0.2) is 0 Å². The Morgan fingerprint density at radius 1 is 0.967 bits per heavy atom. The summed E-state index contributed by atoms with van der Waals surface area (Å²) in [6.07, 6.45) is 0. The predicted octanol–water partition coefficient (Wildman–Crippen LogP) is 5.51. The molecule has 1 heterocycles. The molecule has 0 bridgehead atoms. The third-order valence-corrected chi connectivity index (χ3v) is 5.46. The number of hydrogen-bond donors (Lipinski definition) is 1. The highest BCUT2D eigenvalue weighted by atomic mass is 35.5. The van der Waals surface area contributed by atoms with E-state index in [1.54, 1.807) is 12.1 Å². The van der Waals surface area contributed by atoms with Crippen molar-refractivity contribution in [1.82, 2.24) is 0 Å². The zero-order chi connectivity index (χ0) is 20.8. The number of nitrogens with zero attached hydrogens (tertiary/aromatic N) is 1. The summed E-state index contributed by atoms with van der Waals surface area (Å²) in [6.45, 7) is 4.24. The van der Waals surface area contributed by atoms with Crippen LogP contribution < -0.4 is 15.0 Å². The summed E-state index contributed by atoms with van der Waals surface area (Å²) in [5, 5.41) is 3.80. The number of rotatable bonds is 7. The Kier molecular flexibility index (Phi) is 6.72. The topological polar surface area (TPSA) is 33.7 Å². The second-order valence-corrected chi connectivity index (χ2v) is 7.54. The Morgan fingerprint density at radius 2 is 1.70 bits per heavy atom. The number of morpholine rings is 1. The molecule has 1 fully saturated rings. The highest BCUT2D eigenvalue weighted by Crippen LogP contribution is 2.23. The number of benzene rings is 3. The molecule has 0 saturated carbocycles. The van der Waals surface area contributed by atoms with Crippen LogP contribution in [0.5, 0.6) is 5.75 Å². The van der Waals surface area contributed by atoms with E-state index in [4.69, 9.17) is 21.1 Å². The van der Waals surface area contributed by atoms with Crippen LogP contribution in [0.2, 0.25) is 5.02 Å². The third-order valence-electron chi connectivity index (χ3n) is 5.11. The molecule has 6 heteroatoms. The van der Waals surface area contributed by atoms with Crippen molar-refractivity contribution in [1.29, 1.82) is 0 Å². The van der Waals surface area contributed by atoms with Crippen molar-refractivity contribution in [3.8, 4) is 5.75 Å². The largest absolute Gasteiger partial charge is 0.489 e. The highest BCUT2D eigenvalue weighted by molar-refractivity contribution is 6.31. The van der Waals surface area contributed by atoms with E-state index >= 15 is 0 Å². The molecule has 30 heavy (non-hydrogen) atoms. The molecule has 0 aromatic heterocycles. The molecule has 3 aromatic rings. The third kappa shape index (κ3) is 5.23. The molecule has 3 aromatic carbocycles. The van der Waals surface area contributed by atoms with Gasteiger partial charge in [-0.2, -0.15) is 0 Å². The molecule has 0 radical (unpaired) electrons. The van der Waals surface area contributed by atoms with E-state index in [0.29, 0.717) is 22.9 Å². The maximum absolute atomic E-state index is 13.8. The van der Waals surface area contributed by atoms with Gasteiger partial charge in [-0.05, 0) is 54.1 Å². The lowest BCUT2D eigenvalue weighted by Crippen LogP contribution is -2.36. The fourth-order valence-electron chi connectivity index (χ4n) is 3.35. The molecule has 1 aliphatic rings. The molecule has 0 amide bonds. The zero-order valence-corrected chi connectivity index (χ0v) is 17.4. The maximum atomic E-state index is 13.8. The minimum absolute atomic E-state index is 0.0958. The van der Waals surface area contributed by atoms with Gasteiger partial charge in [0.1, 0.15) is 18.2 Å². The van der Waals surface area contributed by atoms with Gasteiger partial charge in [0.2, 0.25) is 0 Å². The monoisotopic (exact) mass is 426 g/mol. The molecule has 1 N–H and O–H groups in total. The fraction of sp³-hybridized carbons (Fsp3) is 0.250. The first-order valence-electron chi connectivity index (χ1n) is 10.0. The van der Waals surface area contributed by atoms with E-state index in [0.717, 1.165) is 37.6 Å². The van der Waals surface area contributed by atoms with Crippen LogP contribution in [-0.4, -0.2) is 26.3 Å². The quantitative estimate of drug-likeness (QED) is 0.540. The van der Waals surface area contributed by atoms with Crippen LogP contribution in [0.25, 0.3) is 0 Å². The van der Waals surface area contributed by atoms with E-state index in [1.807, 2.05) is 24.3 Å². The summed E-state index contributed by atoms with van der Waals surface area (Å²) in [7, 11) is 0. The number of ether oxygens (including phenoxy) is 2. The van der Waals surface area contributed by atoms with Crippen LogP contribution in [0.4, 0.5) is 15.8 Å². The first-order chi connectivity index (χ1) is 14.7. The first-order valence-corrected chi connectivity index (χ1v) is 10.4. The molecule has 0 aliphatic carbocycles. The van der Waals surface area contributed by atoms with Gasteiger partial charge in [-0.3, -0.25) is 0 Å². The normalized spacial score (nSPS) is 13.9. The number of nitrogens with one attached hydrogen (secondary N) is 1. The average molecular weight is 427 g/mol. The van der Waals surface area contributed by atoms with Gasteiger partial charge < -0.3 is 19.7 Å². The van der Waals surface area contributed by atoms with Crippen molar-refractivity contribution in [2.75, 3.05) is 36.5 Å². The second kappa shape index (κ2) is 9.83. The number of halogens is 2. The highest BCUT2D eigenvalue weighted by Gasteiger charge is 2.11. The lowest BCUT2D eigenvalue weighted by Gasteiger charge is -2.28. The van der Waals surface area contributed by atoms with Crippen LogP contribution >= 0.6 is 11.6 Å². The number of anilines is 2. The van der Waals surface area contributed by atoms with Gasteiger partial charge in [0, 0.05) is 36.6 Å². The minimum Gasteiger partial charge on any atom is -0.489 e. The predicted molar refractivity (Wildman–Crippen MR) is 119 cm³/mol. The van der Waals surface area contributed by atoms with Crippen molar-refractivity contribution in [3.63, 3.8) is 0 Å². The number of hydrogen-bond acceptors (Lipinski definition) is 4. The van der Waals surface area contributed by atoms with E-state index in [2.05, 4.69) is 34.5 Å². The van der Waals surface area contributed by atoms with E-state index in [-0.39, 0.29) is 12.4 Å². The standard InChI is InChI=1S/C24H24ClFN2O2/c25-23-2-1-3-24(26)22(23)17-30-21-10-4-18(5-11-21)16-27-19-6-8-20(9-7-19)28-12-14-29-15-13-28/h1-11,27H,12-17H2. The minimum atomic E-state index is -0.358. The molecule has 0 atom stereocenters. The maximum Gasteiger partial charge on any atom is 0.131 e. The molecule has 1 aliphatic heterocycles. The van der Waals surface area contributed by atoms with Gasteiger partial charge >= 0.3 is 0 Å². The molecule has 156 valence electrons. The summed E-state index contributed by atoms with van der Waals surface area (Å²) in [5.74, 6) is 0.316. The lowest BCUT2D eigenvalue weighted by atomic mass is 10.2. The SMILES string of the molecule is Fc1cccc(Cl)c1COc1ccc(CNc2ccc(N3CCOCC3)cc2)cc1. The Hall–Kier alpha value is -2.76. The Labute approximate surface area is 181 Å². The molecular weight excluding hydrogens is 403 g/mol. The summed E-state index contributed by atoms with van der Waals surface area (Å²) in [5.41, 5.74) is 3.79. The van der Waals surface area contributed by atoms with Crippen LogP contribution in [0.15, 0.2) is 66.7 Å². The van der Waals surface area contributed by atoms with Gasteiger partial charge in [-0.15, -0.1) is 0 Å². The molecule has 0 spiro atoms. The Morgan fingerprint density at radius 3 is 2.40 bits per heavy atom. The van der Waals surface area contributed by atoms with Crippen LogP contribution in [0.1, 0.15) is 11.1 Å². The molecule has 0 unspecified atom stereocenters. The molecular formula is C24H24ClFN2O2. The summed E-state index contributed by atoms with van der Waals surface area (Å²) in [4.78, 5) is 2.33. The van der Waals surface area contributed by atoms with Crippen molar-refractivity contribution >= 4 is 23.0 Å². The molecule has 4 nitrogen and oxygen atoms in total. The Bertz CT molecular complexity index is 938. The van der Waals surface area contributed by atoms with Crippen molar-refractivity contribution in [2.45, 2.75) is 13.2 Å². The van der Waals surface area contributed by atoms with Gasteiger partial charge in [-0.25, -0.2) is 4.39 Å². The average Bonchev–Trinajstić information content (AvgIpc) is 2.79. The first kappa shape index (κ1) is 20.5. The molecule has 1 saturated heterocycles. The lowest BCUT2D eigenvalue weighted by molar-refractivity contribution is 0.122. The van der Waals surface area contributed by atoms with E-state index in [9.17, 15) is 4.39 Å². The van der Waals surface area contributed by atoms with Gasteiger partial charge in [0.25, 0.3) is 0 Å². The van der Waals surface area contributed by atoms with Crippen molar-refractivity contribution in [2.24, 2.45) is 0 Å². The van der Waals surface area contributed by atoms with E-state index < -0.39 is 0 Å². The molecule has 4 rings (SSSR count). The summed E-state index contributed by atoms with van der Waals surface area (Å²) < 4.78 is 24.9. The van der Waals surface area contributed by atoms with Gasteiger partial charge in [-0.1, -0.05) is 29.8 Å². The second-order valence-electron chi connectivity index (χ2n) is 7.13.